The first-order valence-corrected chi connectivity index (χ1v) is 0.880. The Labute approximate surface area is 91.7 Å². The van der Waals surface area contributed by atoms with Crippen molar-refractivity contribution in [3.05, 3.63) is 0 Å². The molecule has 4 nitrogen and oxygen atoms in total. The maximum atomic E-state index is 8.25. The van der Waals surface area contributed by atoms with Crippen molar-refractivity contribution >= 4 is 12.6 Å². The molecular formula is C2H3Na2O4+. The van der Waals surface area contributed by atoms with Gasteiger partial charge in [0.05, 0.1) is 0 Å². The van der Waals surface area contributed by atoms with Gasteiger partial charge >= 0.3 is 65.3 Å². The number of hydrogen-bond acceptors (Lipinski definition) is 4. The van der Waals surface area contributed by atoms with Crippen LogP contribution in [0.4, 0.5) is 0 Å². The average molecular weight is 137 g/mol. The molecule has 0 aliphatic heterocycles. The van der Waals surface area contributed by atoms with E-state index in [9.17, 15) is 0 Å². The molecule has 6 heteroatoms. The Morgan fingerprint density at radius 3 is 1.38 bits per heavy atom. The Morgan fingerprint density at radius 2 is 1.38 bits per heavy atom. The Bertz CT molecular complexity index is 61.6. The third kappa shape index (κ3) is 324. The van der Waals surface area contributed by atoms with Crippen molar-refractivity contribution < 1.29 is 80.0 Å². The summed E-state index contributed by atoms with van der Waals surface area (Å²) in [6, 6.07) is 0. The van der Waals surface area contributed by atoms with Gasteiger partial charge in [-0.25, -0.2) is 0 Å². The van der Waals surface area contributed by atoms with Crippen molar-refractivity contribution in [1.82, 2.24) is 0 Å². The Kier molecular flexibility index (Phi) is 131. The summed E-state index contributed by atoms with van der Waals surface area (Å²) in [6.07, 6.45) is 0.250. The fourth-order valence-corrected chi connectivity index (χ4v) is 0. The van der Waals surface area contributed by atoms with Crippen LogP contribution in [0.3, 0.4) is 0 Å². The van der Waals surface area contributed by atoms with Crippen LogP contribution < -0.4 is 64.2 Å². The molecule has 0 spiro atoms. The molecule has 0 rings (SSSR count). The molecule has 0 aliphatic carbocycles. The van der Waals surface area contributed by atoms with Crippen molar-refractivity contribution in [2.75, 3.05) is 0 Å². The first-order chi connectivity index (χ1) is 2.83. The molecule has 0 aromatic rings. The third-order valence-electron chi connectivity index (χ3n) is 0. The smallest absolute Gasteiger partial charge is 0.554 e. The molecule has 0 saturated heterocycles. The topological polar surface area (TPSA) is 74.3 Å². The standard InChI is InChI=1S/CH2O2.CO2.2Na.H2/c2*2-1-3;;;/h1H,(H,2,3);;;;1H/q;;2*+1;/p-1. The van der Waals surface area contributed by atoms with Crippen molar-refractivity contribution in [1.29, 1.82) is 0 Å². The first kappa shape index (κ1) is 23.2. The van der Waals surface area contributed by atoms with Crippen molar-refractivity contribution in [3.63, 3.8) is 0 Å². The van der Waals surface area contributed by atoms with Crippen LogP contribution in [-0.4, -0.2) is 12.6 Å². The molecule has 36 valence electrons. The van der Waals surface area contributed by atoms with Gasteiger partial charge in [-0.15, -0.1) is 0 Å². The second kappa shape index (κ2) is 45.3. The fourth-order valence-electron chi connectivity index (χ4n) is 0. The molecule has 0 heterocycles. The Hall–Kier alpha value is 0.850. The van der Waals surface area contributed by atoms with Crippen LogP contribution in [-0.2, 0) is 14.4 Å². The zero-order valence-electron chi connectivity index (χ0n) is 4.71. The summed E-state index contributed by atoms with van der Waals surface area (Å²) in [5, 5.41) is 8.25. The minimum atomic E-state index is -0.500. The third-order valence-corrected chi connectivity index (χ3v) is 0. The molecule has 8 heavy (non-hydrogen) atoms. The predicted octanol–water partition coefficient (Wildman–Crippen LogP) is -7.96. The minimum Gasteiger partial charge on any atom is -0.554 e. The van der Waals surface area contributed by atoms with Gasteiger partial charge < -0.3 is 9.90 Å². The van der Waals surface area contributed by atoms with Crippen molar-refractivity contribution in [2.45, 2.75) is 0 Å². The van der Waals surface area contributed by atoms with Gasteiger partial charge in [0.15, 0.2) is 0 Å². The fraction of sp³-hybridized carbons (Fsp3) is 0. The Balaban J connectivity index is -0.00000000889. The van der Waals surface area contributed by atoms with Crippen molar-refractivity contribution in [2.24, 2.45) is 0 Å². The van der Waals surface area contributed by atoms with Gasteiger partial charge in [-0.2, -0.15) is 9.59 Å². The van der Waals surface area contributed by atoms with E-state index in [1.165, 1.54) is 0 Å². The second-order valence-electron chi connectivity index (χ2n) is 0.180. The Morgan fingerprint density at radius 1 is 1.38 bits per heavy atom. The number of carbonyl (C=O) groups excluding carboxylic acids is 3. The molecule has 0 atom stereocenters. The van der Waals surface area contributed by atoms with Gasteiger partial charge in [0, 0.05) is 7.90 Å². The molecule has 0 unspecified atom stereocenters. The van der Waals surface area contributed by atoms with Crippen LogP contribution >= 0.6 is 0 Å². The van der Waals surface area contributed by atoms with E-state index in [1.54, 1.807) is 0 Å². The number of hydrogen-bond donors (Lipinski definition) is 0. The molecule has 0 saturated carbocycles. The van der Waals surface area contributed by atoms with E-state index >= 15 is 0 Å². The summed E-state index contributed by atoms with van der Waals surface area (Å²) in [4.78, 5) is 24.5. The number of carboxylic acid groups (broad SMARTS) is 1. The molecule has 0 aromatic carbocycles. The van der Waals surface area contributed by atoms with Gasteiger partial charge in [-0.05, 0) is 0 Å². The van der Waals surface area contributed by atoms with E-state index in [0.29, 0.717) is 0 Å². The van der Waals surface area contributed by atoms with Crippen LogP contribution in [0.5, 0.6) is 0 Å². The molecule has 0 aromatic heterocycles. The summed E-state index contributed by atoms with van der Waals surface area (Å²) in [6.45, 7) is -0.500. The van der Waals surface area contributed by atoms with Crippen LogP contribution in [0.15, 0.2) is 0 Å². The quantitative estimate of drug-likeness (QED) is 0.245. The first-order valence-electron chi connectivity index (χ1n) is 0.880. The SMILES string of the molecule is O=C=O.O=C[O-].[HH].[Na+].[Na+]. The van der Waals surface area contributed by atoms with Crippen LogP contribution in [0.2, 0.25) is 0 Å². The van der Waals surface area contributed by atoms with Crippen LogP contribution in [0.25, 0.3) is 0 Å². The summed E-state index contributed by atoms with van der Waals surface area (Å²) < 4.78 is 0. The van der Waals surface area contributed by atoms with Crippen LogP contribution in [0, 0.1) is 0 Å². The molecule has 0 amide bonds. The summed E-state index contributed by atoms with van der Waals surface area (Å²) >= 11 is 0. The number of rotatable bonds is 0. The van der Waals surface area contributed by atoms with Gasteiger partial charge in [-0.1, -0.05) is 0 Å². The van der Waals surface area contributed by atoms with Gasteiger partial charge in [0.2, 0.25) is 0 Å². The summed E-state index contributed by atoms with van der Waals surface area (Å²) in [7, 11) is 0. The van der Waals surface area contributed by atoms with Gasteiger partial charge in [0.25, 0.3) is 0 Å². The monoisotopic (exact) mass is 137 g/mol. The van der Waals surface area contributed by atoms with Gasteiger partial charge in [0.1, 0.15) is 0 Å². The molecule has 0 N–H and O–H groups in total. The molecule has 0 aliphatic rings. The van der Waals surface area contributed by atoms with Crippen molar-refractivity contribution in [3.8, 4) is 0 Å². The zero-order chi connectivity index (χ0) is 5.41. The molecular weight excluding hydrogens is 134 g/mol. The minimum absolute atomic E-state index is 0. The second-order valence-corrected chi connectivity index (χ2v) is 0.180. The van der Waals surface area contributed by atoms with E-state index < -0.39 is 6.47 Å². The van der Waals surface area contributed by atoms with E-state index in [-0.39, 0.29) is 66.7 Å². The van der Waals surface area contributed by atoms with E-state index in [1.807, 2.05) is 0 Å². The predicted molar refractivity (Wildman–Crippen MR) is 13.2 cm³/mol. The van der Waals surface area contributed by atoms with E-state index in [4.69, 9.17) is 19.5 Å². The molecule has 0 fully saturated rings. The van der Waals surface area contributed by atoms with E-state index in [2.05, 4.69) is 0 Å². The number of carbonyl (C=O) groups is 1. The van der Waals surface area contributed by atoms with E-state index in [0.717, 1.165) is 0 Å². The molecule has 0 radical (unpaired) electrons. The largest absolute Gasteiger partial charge is 1.00 e. The average Bonchev–Trinajstić information content (AvgIpc) is 1.39. The maximum absolute atomic E-state index is 8.25. The zero-order valence-corrected chi connectivity index (χ0v) is 8.71. The van der Waals surface area contributed by atoms with Gasteiger partial charge in [-0.3, -0.25) is 0 Å². The normalized spacial score (nSPS) is 2.50. The summed E-state index contributed by atoms with van der Waals surface area (Å²) in [5.74, 6) is 0. The van der Waals surface area contributed by atoms with Crippen LogP contribution in [0.1, 0.15) is 1.43 Å². The molecule has 0 bridgehead atoms. The maximum Gasteiger partial charge on any atom is 1.00 e. The summed E-state index contributed by atoms with van der Waals surface area (Å²) in [5.41, 5.74) is 0.